The molecule has 102 valence electrons. The van der Waals surface area contributed by atoms with Crippen molar-refractivity contribution >= 4 is 11.8 Å². The molecule has 2 heterocycles. The molecule has 1 aliphatic rings. The number of hydrogen-bond donors (Lipinski definition) is 2. The van der Waals surface area contributed by atoms with Crippen molar-refractivity contribution in [2.45, 2.75) is 13.1 Å². The minimum absolute atomic E-state index is 0.152. The minimum Gasteiger partial charge on any atom is -0.326 e. The second kappa shape index (κ2) is 4.90. The van der Waals surface area contributed by atoms with Gasteiger partial charge in [-0.05, 0) is 5.56 Å². The minimum atomic E-state index is -0.152. The number of fused-ring (bicyclic) bond motifs is 1. The van der Waals surface area contributed by atoms with Crippen molar-refractivity contribution in [2.24, 2.45) is 5.73 Å². The second-order valence-electron chi connectivity index (χ2n) is 4.74. The van der Waals surface area contributed by atoms with E-state index in [4.69, 9.17) is 5.73 Å². The van der Waals surface area contributed by atoms with Crippen LogP contribution in [0.25, 0.3) is 11.3 Å². The van der Waals surface area contributed by atoms with Crippen LogP contribution in [0.4, 0.5) is 10.6 Å². The highest BCUT2D eigenvalue weighted by atomic mass is 16.2. The van der Waals surface area contributed by atoms with Crippen LogP contribution in [0.1, 0.15) is 11.1 Å². The zero-order valence-electron chi connectivity index (χ0n) is 11.1. The summed E-state index contributed by atoms with van der Waals surface area (Å²) >= 11 is 0. The molecule has 6 nitrogen and oxygen atoms in total. The van der Waals surface area contributed by atoms with Gasteiger partial charge in [0, 0.05) is 24.7 Å². The molecule has 3 N–H and O–H groups in total. The zero-order valence-corrected chi connectivity index (χ0v) is 11.1. The SMILES string of the molecule is CN1Cc2c(ncnc2-c2ccc(CN)cc2)NC1=O. The van der Waals surface area contributed by atoms with Gasteiger partial charge in [0.15, 0.2) is 0 Å². The first-order chi connectivity index (χ1) is 9.69. The first-order valence-corrected chi connectivity index (χ1v) is 6.34. The molecule has 0 bridgehead atoms. The third-order valence-electron chi connectivity index (χ3n) is 3.38. The van der Waals surface area contributed by atoms with Gasteiger partial charge in [0.1, 0.15) is 12.1 Å². The van der Waals surface area contributed by atoms with Gasteiger partial charge in [-0.2, -0.15) is 0 Å². The lowest BCUT2D eigenvalue weighted by Crippen LogP contribution is -2.36. The van der Waals surface area contributed by atoms with E-state index in [9.17, 15) is 4.79 Å². The van der Waals surface area contributed by atoms with Crippen molar-refractivity contribution in [1.82, 2.24) is 14.9 Å². The van der Waals surface area contributed by atoms with E-state index in [0.717, 1.165) is 22.4 Å². The number of aromatic nitrogens is 2. The standard InChI is InChI=1S/C14H15N5O/c1-19-7-11-12(10-4-2-9(6-15)3-5-10)16-8-17-13(11)18-14(19)20/h2-5,8H,6-7,15H2,1H3,(H,16,17,18,20). The smallest absolute Gasteiger partial charge is 0.323 e. The number of carbonyl (C=O) groups excluding carboxylic acids is 1. The van der Waals surface area contributed by atoms with Crippen LogP contribution < -0.4 is 11.1 Å². The average molecular weight is 269 g/mol. The van der Waals surface area contributed by atoms with Gasteiger partial charge in [-0.25, -0.2) is 14.8 Å². The van der Waals surface area contributed by atoms with Crippen molar-refractivity contribution < 1.29 is 4.79 Å². The van der Waals surface area contributed by atoms with Gasteiger partial charge in [0.25, 0.3) is 0 Å². The molecule has 3 rings (SSSR count). The number of urea groups is 1. The van der Waals surface area contributed by atoms with Crippen molar-refractivity contribution in [2.75, 3.05) is 12.4 Å². The van der Waals surface area contributed by atoms with Gasteiger partial charge >= 0.3 is 6.03 Å². The summed E-state index contributed by atoms with van der Waals surface area (Å²) < 4.78 is 0. The molecule has 0 unspecified atom stereocenters. The predicted molar refractivity (Wildman–Crippen MR) is 75.8 cm³/mol. The quantitative estimate of drug-likeness (QED) is 0.867. The molecule has 0 atom stereocenters. The molecular formula is C14H15N5O. The summed E-state index contributed by atoms with van der Waals surface area (Å²) in [4.78, 5) is 21.7. The Morgan fingerprint density at radius 3 is 2.75 bits per heavy atom. The van der Waals surface area contributed by atoms with Crippen LogP contribution in [0.5, 0.6) is 0 Å². The number of nitrogens with zero attached hydrogens (tertiary/aromatic N) is 3. The third-order valence-corrected chi connectivity index (χ3v) is 3.38. The molecule has 0 fully saturated rings. The fourth-order valence-electron chi connectivity index (χ4n) is 2.22. The third kappa shape index (κ3) is 2.10. The van der Waals surface area contributed by atoms with E-state index in [1.807, 2.05) is 24.3 Å². The molecule has 0 saturated heterocycles. The number of hydrogen-bond acceptors (Lipinski definition) is 4. The number of nitrogens with two attached hydrogens (primary N) is 1. The summed E-state index contributed by atoms with van der Waals surface area (Å²) in [7, 11) is 1.74. The van der Waals surface area contributed by atoms with E-state index in [0.29, 0.717) is 18.9 Å². The molecule has 1 aliphatic heterocycles. The van der Waals surface area contributed by atoms with Crippen LogP contribution in [0.3, 0.4) is 0 Å². The van der Waals surface area contributed by atoms with Gasteiger partial charge in [-0.15, -0.1) is 0 Å². The van der Waals surface area contributed by atoms with Gasteiger partial charge in [-0.3, -0.25) is 5.32 Å². The van der Waals surface area contributed by atoms with E-state index in [2.05, 4.69) is 15.3 Å². The monoisotopic (exact) mass is 269 g/mol. The maximum absolute atomic E-state index is 11.6. The topological polar surface area (TPSA) is 84.1 Å². The fourth-order valence-corrected chi connectivity index (χ4v) is 2.22. The fraction of sp³-hybridized carbons (Fsp3) is 0.214. The number of rotatable bonds is 2. The highest BCUT2D eigenvalue weighted by Gasteiger charge is 2.23. The summed E-state index contributed by atoms with van der Waals surface area (Å²) in [6.07, 6.45) is 1.47. The Balaban J connectivity index is 2.06. The predicted octanol–water partition coefficient (Wildman–Crippen LogP) is 1.58. The molecule has 2 amide bonds. The average Bonchev–Trinajstić information content (AvgIpc) is 2.48. The maximum atomic E-state index is 11.6. The second-order valence-corrected chi connectivity index (χ2v) is 4.74. The lowest BCUT2D eigenvalue weighted by molar-refractivity contribution is 0.218. The van der Waals surface area contributed by atoms with E-state index in [1.165, 1.54) is 6.33 Å². The van der Waals surface area contributed by atoms with Crippen LogP contribution in [0.15, 0.2) is 30.6 Å². The van der Waals surface area contributed by atoms with Gasteiger partial charge in [0.2, 0.25) is 0 Å². The van der Waals surface area contributed by atoms with Gasteiger partial charge < -0.3 is 10.6 Å². The Kier molecular flexibility index (Phi) is 3.08. The van der Waals surface area contributed by atoms with Gasteiger partial charge in [0.05, 0.1) is 12.2 Å². The van der Waals surface area contributed by atoms with Crippen LogP contribution in [-0.4, -0.2) is 27.9 Å². The lowest BCUT2D eigenvalue weighted by atomic mass is 10.0. The summed E-state index contributed by atoms with van der Waals surface area (Å²) in [6.45, 7) is 1.01. The number of carbonyl (C=O) groups is 1. The Morgan fingerprint density at radius 1 is 1.30 bits per heavy atom. The molecule has 1 aromatic carbocycles. The lowest BCUT2D eigenvalue weighted by Gasteiger charge is -2.26. The highest BCUT2D eigenvalue weighted by molar-refractivity contribution is 5.92. The number of anilines is 1. The summed E-state index contributed by atoms with van der Waals surface area (Å²) in [5.74, 6) is 0.584. The van der Waals surface area contributed by atoms with Crippen LogP contribution in [-0.2, 0) is 13.1 Å². The zero-order chi connectivity index (χ0) is 14.1. The first kappa shape index (κ1) is 12.6. The van der Waals surface area contributed by atoms with E-state index in [-0.39, 0.29) is 6.03 Å². The van der Waals surface area contributed by atoms with Crippen molar-refractivity contribution in [3.8, 4) is 11.3 Å². The van der Waals surface area contributed by atoms with Crippen LogP contribution in [0, 0.1) is 0 Å². The Labute approximate surface area is 116 Å². The van der Waals surface area contributed by atoms with E-state index in [1.54, 1.807) is 11.9 Å². The number of amides is 2. The maximum Gasteiger partial charge on any atom is 0.323 e. The number of benzene rings is 1. The molecule has 2 aromatic rings. The van der Waals surface area contributed by atoms with Crippen LogP contribution in [0.2, 0.25) is 0 Å². The van der Waals surface area contributed by atoms with E-state index < -0.39 is 0 Å². The van der Waals surface area contributed by atoms with Crippen molar-refractivity contribution in [3.63, 3.8) is 0 Å². The molecule has 20 heavy (non-hydrogen) atoms. The summed E-state index contributed by atoms with van der Waals surface area (Å²) in [5, 5.41) is 2.76. The van der Waals surface area contributed by atoms with Gasteiger partial charge in [-0.1, -0.05) is 24.3 Å². The molecule has 0 saturated carbocycles. The summed E-state index contributed by atoms with van der Waals surface area (Å²) in [6, 6.07) is 7.78. The Hall–Kier alpha value is -2.47. The summed E-state index contributed by atoms with van der Waals surface area (Å²) in [5.41, 5.74) is 9.43. The molecule has 0 spiro atoms. The largest absolute Gasteiger partial charge is 0.326 e. The molecule has 6 heteroatoms. The van der Waals surface area contributed by atoms with Crippen molar-refractivity contribution in [1.29, 1.82) is 0 Å². The molecule has 1 aromatic heterocycles. The normalized spacial score (nSPS) is 13.9. The Bertz CT molecular complexity index is 653. The molecular weight excluding hydrogens is 254 g/mol. The Morgan fingerprint density at radius 2 is 2.05 bits per heavy atom. The van der Waals surface area contributed by atoms with Crippen molar-refractivity contribution in [3.05, 3.63) is 41.7 Å². The highest BCUT2D eigenvalue weighted by Crippen LogP contribution is 2.29. The number of nitrogens with one attached hydrogen (secondary N) is 1. The first-order valence-electron chi connectivity index (χ1n) is 6.34. The van der Waals surface area contributed by atoms with E-state index >= 15 is 0 Å². The van der Waals surface area contributed by atoms with Crippen LogP contribution >= 0.6 is 0 Å². The molecule has 0 aliphatic carbocycles. The molecule has 0 radical (unpaired) electrons.